The number of nitrogens with zero attached hydrogens (tertiary/aromatic N) is 1. The molecule has 9 heteroatoms. The molecule has 0 fully saturated rings. The monoisotopic (exact) mass is 1380 g/mol. The molecule has 0 radical (unpaired) electrons. The molecule has 1 N–H and O–H groups in total. The summed E-state index contributed by atoms with van der Waals surface area (Å²) in [4.78, 5) is 37.8. The van der Waals surface area contributed by atoms with E-state index in [1.54, 1.807) is 0 Å². The Morgan fingerprint density at radius 3 is 0.869 bits per heavy atom. The van der Waals surface area contributed by atoms with Gasteiger partial charge in [-0.1, -0.05) is 380 Å². The highest BCUT2D eigenvalue weighted by Gasteiger charge is 2.25. The average Bonchev–Trinajstić information content (AvgIpc) is 1.16. The van der Waals surface area contributed by atoms with Gasteiger partial charge >= 0.3 is 17.9 Å². The Hall–Kier alpha value is -4.05. The average molecular weight is 1380 g/mol. The van der Waals surface area contributed by atoms with Crippen molar-refractivity contribution in [3.05, 3.63) is 109 Å². The van der Waals surface area contributed by atoms with E-state index in [-0.39, 0.29) is 32.2 Å². The number of hydrogen-bond donors (Lipinski definition) is 1. The van der Waals surface area contributed by atoms with Gasteiger partial charge in [-0.05, 0) is 103 Å². The summed E-state index contributed by atoms with van der Waals surface area (Å²) in [7, 11) is 5.99. The molecule has 9 nitrogen and oxygen atoms in total. The van der Waals surface area contributed by atoms with Gasteiger partial charge in [0.2, 0.25) is 0 Å². The van der Waals surface area contributed by atoms with Gasteiger partial charge in [-0.3, -0.25) is 9.59 Å². The van der Waals surface area contributed by atoms with Gasteiger partial charge < -0.3 is 28.5 Å². The third-order valence-corrected chi connectivity index (χ3v) is 18.5. The minimum absolute atomic E-state index is 0.184. The van der Waals surface area contributed by atoms with E-state index >= 15 is 0 Å². The molecule has 0 aromatic heterocycles. The lowest BCUT2D eigenvalue weighted by molar-refractivity contribution is -0.870. The summed E-state index contributed by atoms with van der Waals surface area (Å²) in [6.07, 6.45) is 110. The third-order valence-electron chi connectivity index (χ3n) is 18.5. The molecule has 0 amide bonds. The molecule has 2 unspecified atom stereocenters. The fourth-order valence-corrected chi connectivity index (χ4v) is 12.1. The van der Waals surface area contributed by atoms with Crippen LogP contribution in [0.5, 0.6) is 0 Å². The summed E-state index contributed by atoms with van der Waals surface area (Å²) >= 11 is 0. The molecule has 0 heterocycles. The van der Waals surface area contributed by atoms with Crippen LogP contribution in [0.1, 0.15) is 386 Å². The molecular weight excluding hydrogens is 1220 g/mol. The first kappa shape index (κ1) is 94.9. The standard InChI is InChI=1S/C90H159NO8/c1-6-8-10-12-14-16-18-20-22-24-26-28-30-32-34-36-38-40-42-43-44-45-47-48-50-52-54-56-58-60-62-64-66-68-70-72-74-76-78-80-87(92)97-84-86(85-98-90(89(94)95)96-83-82-91(3,4)5)99-88(93)81-79-77-75-73-71-69-67-65-63-61-59-57-55-53-51-49-46-41-39-37-35-33-31-29-27-25-23-21-19-17-15-13-11-9-7-2/h9,11,15,17,21,23-24,26-27,29,33,35,39,41,49,51,55,57,86,90H,6-8,10,12-14,16,18-20,22,25,28,30-32,34,36-38,40,42-48,50,52-54,56,58-85H2,1-5H3/p+1/b11-9-,17-15-,23-21-,26-24-,29-27-,35-33-,41-39-,51-49-,57-55-. The van der Waals surface area contributed by atoms with E-state index in [4.69, 9.17) is 18.9 Å². The Balaban J connectivity index is 4.00. The lowest BCUT2D eigenvalue weighted by Gasteiger charge is -2.25. The van der Waals surface area contributed by atoms with E-state index in [0.717, 1.165) is 96.3 Å². The molecule has 2 atom stereocenters. The molecule has 0 aliphatic carbocycles. The third kappa shape index (κ3) is 81.1. The summed E-state index contributed by atoms with van der Waals surface area (Å²) in [5.74, 6) is -2.00. The topological polar surface area (TPSA) is 108 Å². The highest BCUT2D eigenvalue weighted by atomic mass is 16.7. The lowest BCUT2D eigenvalue weighted by Crippen LogP contribution is -2.40. The van der Waals surface area contributed by atoms with Gasteiger partial charge in [-0.15, -0.1) is 0 Å². The zero-order valence-corrected chi connectivity index (χ0v) is 65.6. The van der Waals surface area contributed by atoms with Crippen LogP contribution in [-0.2, 0) is 33.3 Å². The number of allylic oxidation sites excluding steroid dienone is 18. The Kier molecular flexibility index (Phi) is 76.4. The first-order chi connectivity index (χ1) is 48.6. The maximum Gasteiger partial charge on any atom is 0.361 e. The normalized spacial score (nSPS) is 13.2. The van der Waals surface area contributed by atoms with Crippen molar-refractivity contribution >= 4 is 17.9 Å². The smallest absolute Gasteiger partial charge is 0.361 e. The zero-order chi connectivity index (χ0) is 71.8. The first-order valence-corrected chi connectivity index (χ1v) is 42.1. The highest BCUT2D eigenvalue weighted by molar-refractivity contribution is 5.71. The van der Waals surface area contributed by atoms with Crippen molar-refractivity contribution in [2.45, 2.75) is 399 Å². The van der Waals surface area contributed by atoms with Gasteiger partial charge in [0.1, 0.15) is 13.2 Å². The van der Waals surface area contributed by atoms with Gasteiger partial charge in [0, 0.05) is 12.8 Å². The summed E-state index contributed by atoms with van der Waals surface area (Å²) in [5.41, 5.74) is 0. The van der Waals surface area contributed by atoms with Crippen LogP contribution in [0.25, 0.3) is 0 Å². The van der Waals surface area contributed by atoms with Crippen molar-refractivity contribution < 1.29 is 42.9 Å². The predicted molar refractivity (Wildman–Crippen MR) is 428 cm³/mol. The number of carboxylic acid groups (broad SMARTS) is 1. The number of carbonyl (C=O) groups is 3. The van der Waals surface area contributed by atoms with E-state index in [9.17, 15) is 19.5 Å². The number of hydrogen-bond acceptors (Lipinski definition) is 7. The maximum atomic E-state index is 13.0. The molecule has 99 heavy (non-hydrogen) atoms. The fraction of sp³-hybridized carbons (Fsp3) is 0.767. The highest BCUT2D eigenvalue weighted by Crippen LogP contribution is 2.19. The molecule has 0 rings (SSSR count). The van der Waals surface area contributed by atoms with Crippen LogP contribution in [0.3, 0.4) is 0 Å². The van der Waals surface area contributed by atoms with Gasteiger partial charge in [0.15, 0.2) is 6.10 Å². The number of aliphatic carboxylic acids is 1. The second kappa shape index (κ2) is 79.6. The van der Waals surface area contributed by atoms with Crippen LogP contribution in [0.15, 0.2) is 109 Å². The summed E-state index contributed by atoms with van der Waals surface area (Å²) in [6.45, 7) is 4.80. The molecular formula is C90H160NO8+. The Labute approximate surface area is 613 Å². The van der Waals surface area contributed by atoms with Gasteiger partial charge in [0.05, 0.1) is 34.4 Å². The quantitative estimate of drug-likeness (QED) is 0.0211. The second-order valence-electron chi connectivity index (χ2n) is 29.4. The minimum atomic E-state index is -1.52. The molecule has 0 aromatic carbocycles. The Morgan fingerprint density at radius 1 is 0.313 bits per heavy atom. The van der Waals surface area contributed by atoms with Crippen LogP contribution in [0.4, 0.5) is 0 Å². The summed E-state index contributed by atoms with van der Waals surface area (Å²) in [5, 5.41) is 9.78. The molecule has 0 bridgehead atoms. The van der Waals surface area contributed by atoms with Crippen LogP contribution >= 0.6 is 0 Å². The minimum Gasteiger partial charge on any atom is -0.477 e. The Morgan fingerprint density at radius 2 is 0.576 bits per heavy atom. The Bertz CT molecular complexity index is 2000. The SMILES string of the molecule is CC/C=C\C/C=C\C/C=C\C/C=C\C/C=C\C/C=C\C/C=C\C/C=C\CCCCCCCCCCCCC(=O)OC(COC(=O)CCCCCCCCCCCCCCCCCCCCCCCCCCCCC/C=C\CCCCCCCCCC)COC(OCC[N+](C)(C)C)C(=O)O. The van der Waals surface area contributed by atoms with Gasteiger partial charge in [0.25, 0.3) is 6.29 Å². The number of rotatable bonds is 78. The van der Waals surface area contributed by atoms with E-state index in [0.29, 0.717) is 23.9 Å². The fourth-order valence-electron chi connectivity index (χ4n) is 12.1. The summed E-state index contributed by atoms with van der Waals surface area (Å²) < 4.78 is 23.1. The van der Waals surface area contributed by atoms with Crippen LogP contribution in [0, 0.1) is 0 Å². The van der Waals surface area contributed by atoms with Crippen molar-refractivity contribution in [2.24, 2.45) is 0 Å². The molecule has 0 aromatic rings. The molecule has 0 aliphatic rings. The number of ether oxygens (including phenoxy) is 4. The van der Waals surface area contributed by atoms with Crippen LogP contribution in [0.2, 0.25) is 0 Å². The van der Waals surface area contributed by atoms with Crippen molar-refractivity contribution in [2.75, 3.05) is 47.5 Å². The van der Waals surface area contributed by atoms with E-state index < -0.39 is 24.3 Å². The molecule has 572 valence electrons. The first-order valence-electron chi connectivity index (χ1n) is 42.1. The van der Waals surface area contributed by atoms with Crippen molar-refractivity contribution in [1.29, 1.82) is 0 Å². The lowest BCUT2D eigenvalue weighted by atomic mass is 10.0. The number of carboxylic acids is 1. The second-order valence-corrected chi connectivity index (χ2v) is 29.4. The predicted octanol–water partition coefficient (Wildman–Crippen LogP) is 27.3. The largest absolute Gasteiger partial charge is 0.477 e. The van der Waals surface area contributed by atoms with E-state index in [1.807, 2.05) is 21.1 Å². The molecule has 0 spiro atoms. The number of esters is 2. The zero-order valence-electron chi connectivity index (χ0n) is 65.6. The molecule has 0 saturated heterocycles. The van der Waals surface area contributed by atoms with Crippen LogP contribution in [-0.4, -0.2) is 87.4 Å². The van der Waals surface area contributed by atoms with E-state index in [2.05, 4.69) is 123 Å². The van der Waals surface area contributed by atoms with E-state index in [1.165, 1.54) is 257 Å². The number of quaternary nitrogens is 1. The number of carbonyl (C=O) groups excluding carboxylic acids is 2. The van der Waals surface area contributed by atoms with Crippen molar-refractivity contribution in [1.82, 2.24) is 0 Å². The summed E-state index contributed by atoms with van der Waals surface area (Å²) in [6, 6.07) is 0. The maximum absolute atomic E-state index is 13.0. The van der Waals surface area contributed by atoms with Gasteiger partial charge in [-0.25, -0.2) is 4.79 Å². The van der Waals surface area contributed by atoms with Crippen LogP contribution < -0.4 is 0 Å². The molecule has 0 aliphatic heterocycles. The van der Waals surface area contributed by atoms with Crippen molar-refractivity contribution in [3.8, 4) is 0 Å². The van der Waals surface area contributed by atoms with Gasteiger partial charge in [-0.2, -0.15) is 0 Å². The van der Waals surface area contributed by atoms with Crippen molar-refractivity contribution in [3.63, 3.8) is 0 Å². The number of likely N-dealkylation sites (N-methyl/N-ethyl adjacent to an activating group) is 1. The number of unbranched alkanes of at least 4 members (excludes halogenated alkanes) is 45. The molecule has 0 saturated carbocycles.